The van der Waals surface area contributed by atoms with Crippen molar-refractivity contribution in [3.63, 3.8) is 0 Å². The maximum atomic E-state index is 6.02. The van der Waals surface area contributed by atoms with E-state index in [0.29, 0.717) is 6.10 Å². The van der Waals surface area contributed by atoms with Crippen LogP contribution in [0.25, 0.3) is 0 Å². The van der Waals surface area contributed by atoms with Crippen LogP contribution in [0.15, 0.2) is 4.99 Å². The molecule has 1 saturated heterocycles. The lowest BCUT2D eigenvalue weighted by Crippen LogP contribution is -2.43. The van der Waals surface area contributed by atoms with Gasteiger partial charge in [-0.25, -0.2) is 0 Å². The Morgan fingerprint density at radius 1 is 1.44 bits per heavy atom. The highest BCUT2D eigenvalue weighted by molar-refractivity contribution is 5.78. The number of unbranched alkanes of at least 4 members (excludes halogenated alkanes) is 1. The van der Waals surface area contributed by atoms with Crippen LogP contribution in [0.4, 0.5) is 0 Å². The molecule has 1 aliphatic rings. The highest BCUT2D eigenvalue weighted by Crippen LogP contribution is 2.14. The number of nitrogens with zero attached hydrogens (tertiary/aromatic N) is 2. The SMILES string of the molecule is CC(C)OCCCCN=C(N)N1CCC[C@H](C)C1. The first-order chi connectivity index (χ1) is 8.59. The normalized spacial score (nSPS) is 21.7. The lowest BCUT2D eigenvalue weighted by molar-refractivity contribution is 0.0763. The van der Waals surface area contributed by atoms with Crippen LogP contribution < -0.4 is 5.73 Å². The minimum Gasteiger partial charge on any atom is -0.379 e. The van der Waals surface area contributed by atoms with Gasteiger partial charge in [0, 0.05) is 26.2 Å². The van der Waals surface area contributed by atoms with Crippen LogP contribution in [0.2, 0.25) is 0 Å². The van der Waals surface area contributed by atoms with E-state index >= 15 is 0 Å². The topological polar surface area (TPSA) is 50.9 Å². The van der Waals surface area contributed by atoms with Crippen molar-refractivity contribution in [3.8, 4) is 0 Å². The van der Waals surface area contributed by atoms with Crippen LogP contribution in [-0.4, -0.2) is 43.2 Å². The fourth-order valence-corrected chi connectivity index (χ4v) is 2.22. The molecular formula is C14H29N3O. The molecule has 0 aromatic heterocycles. The summed E-state index contributed by atoms with van der Waals surface area (Å²) < 4.78 is 5.49. The molecule has 1 heterocycles. The fraction of sp³-hybridized carbons (Fsp3) is 0.929. The van der Waals surface area contributed by atoms with Crippen LogP contribution in [0.1, 0.15) is 46.5 Å². The van der Waals surface area contributed by atoms with E-state index in [-0.39, 0.29) is 0 Å². The summed E-state index contributed by atoms with van der Waals surface area (Å²) in [6.07, 6.45) is 4.99. The summed E-state index contributed by atoms with van der Waals surface area (Å²) in [5.74, 6) is 1.47. The van der Waals surface area contributed by atoms with Crippen molar-refractivity contribution < 1.29 is 4.74 Å². The van der Waals surface area contributed by atoms with Gasteiger partial charge < -0.3 is 15.4 Å². The molecule has 1 aliphatic heterocycles. The number of hydrogen-bond donors (Lipinski definition) is 1. The van der Waals surface area contributed by atoms with Crippen LogP contribution in [0.3, 0.4) is 0 Å². The second-order valence-electron chi connectivity index (χ2n) is 5.56. The summed E-state index contributed by atoms with van der Waals surface area (Å²) in [7, 11) is 0. The van der Waals surface area contributed by atoms with E-state index in [1.54, 1.807) is 0 Å². The highest BCUT2D eigenvalue weighted by Gasteiger charge is 2.17. The van der Waals surface area contributed by atoms with Crippen molar-refractivity contribution in [2.24, 2.45) is 16.6 Å². The van der Waals surface area contributed by atoms with Gasteiger partial charge in [0.05, 0.1) is 6.10 Å². The Morgan fingerprint density at radius 2 is 2.22 bits per heavy atom. The van der Waals surface area contributed by atoms with Gasteiger partial charge >= 0.3 is 0 Å². The summed E-state index contributed by atoms with van der Waals surface area (Å²) >= 11 is 0. The first-order valence-corrected chi connectivity index (χ1v) is 7.26. The van der Waals surface area contributed by atoms with Gasteiger partial charge in [-0.05, 0) is 45.4 Å². The van der Waals surface area contributed by atoms with Crippen molar-refractivity contribution >= 4 is 5.96 Å². The van der Waals surface area contributed by atoms with Gasteiger partial charge in [0.25, 0.3) is 0 Å². The van der Waals surface area contributed by atoms with Crippen molar-refractivity contribution in [1.29, 1.82) is 0 Å². The maximum absolute atomic E-state index is 6.02. The summed E-state index contributed by atoms with van der Waals surface area (Å²) in [5, 5.41) is 0. The molecular weight excluding hydrogens is 226 g/mol. The molecule has 4 heteroatoms. The smallest absolute Gasteiger partial charge is 0.191 e. The molecule has 0 unspecified atom stereocenters. The van der Waals surface area contributed by atoms with E-state index in [1.807, 2.05) is 0 Å². The Hall–Kier alpha value is -0.770. The molecule has 106 valence electrons. The van der Waals surface area contributed by atoms with Crippen molar-refractivity contribution in [2.75, 3.05) is 26.2 Å². The fourth-order valence-electron chi connectivity index (χ4n) is 2.22. The quantitative estimate of drug-likeness (QED) is 0.450. The second kappa shape index (κ2) is 8.35. The molecule has 0 amide bonds. The molecule has 1 rings (SSSR count). The number of piperidine rings is 1. The number of rotatable bonds is 6. The van der Waals surface area contributed by atoms with Gasteiger partial charge in [-0.3, -0.25) is 4.99 Å². The molecule has 0 aliphatic carbocycles. The average molecular weight is 255 g/mol. The Kier molecular flexibility index (Phi) is 7.09. The van der Waals surface area contributed by atoms with Gasteiger partial charge in [-0.15, -0.1) is 0 Å². The first-order valence-electron chi connectivity index (χ1n) is 7.26. The van der Waals surface area contributed by atoms with E-state index < -0.39 is 0 Å². The Morgan fingerprint density at radius 3 is 2.89 bits per heavy atom. The summed E-state index contributed by atoms with van der Waals surface area (Å²) in [4.78, 5) is 6.68. The zero-order valence-electron chi connectivity index (χ0n) is 12.2. The molecule has 4 nitrogen and oxygen atoms in total. The largest absolute Gasteiger partial charge is 0.379 e. The van der Waals surface area contributed by atoms with Crippen LogP contribution in [-0.2, 0) is 4.74 Å². The van der Waals surface area contributed by atoms with Gasteiger partial charge in [-0.2, -0.15) is 0 Å². The Bertz CT molecular complexity index is 253. The summed E-state index contributed by atoms with van der Waals surface area (Å²) in [6, 6.07) is 0. The lowest BCUT2D eigenvalue weighted by atomic mass is 10.0. The summed E-state index contributed by atoms with van der Waals surface area (Å²) in [6.45, 7) is 10.2. The summed E-state index contributed by atoms with van der Waals surface area (Å²) in [5.41, 5.74) is 6.02. The van der Waals surface area contributed by atoms with E-state index in [0.717, 1.165) is 51.0 Å². The van der Waals surface area contributed by atoms with Crippen molar-refractivity contribution in [1.82, 2.24) is 4.90 Å². The Balaban J connectivity index is 2.13. The number of nitrogens with two attached hydrogens (primary N) is 1. The van der Waals surface area contributed by atoms with Crippen LogP contribution in [0.5, 0.6) is 0 Å². The molecule has 0 bridgehead atoms. The van der Waals surface area contributed by atoms with Gasteiger partial charge in [0.1, 0.15) is 0 Å². The highest BCUT2D eigenvalue weighted by atomic mass is 16.5. The molecule has 0 spiro atoms. The first kappa shape index (κ1) is 15.3. The molecule has 1 atom stereocenters. The van der Waals surface area contributed by atoms with Crippen molar-refractivity contribution in [3.05, 3.63) is 0 Å². The van der Waals surface area contributed by atoms with E-state index in [4.69, 9.17) is 10.5 Å². The number of hydrogen-bond acceptors (Lipinski definition) is 2. The van der Waals surface area contributed by atoms with Crippen molar-refractivity contribution in [2.45, 2.75) is 52.6 Å². The lowest BCUT2D eigenvalue weighted by Gasteiger charge is -2.31. The third-order valence-electron chi connectivity index (χ3n) is 3.26. The molecule has 1 fully saturated rings. The number of aliphatic imine (C=N–C) groups is 1. The minimum atomic E-state index is 0.327. The molecule has 0 saturated carbocycles. The van der Waals surface area contributed by atoms with Crippen LogP contribution in [0, 0.1) is 5.92 Å². The predicted octanol–water partition coefficient (Wildman–Crippen LogP) is 2.24. The van der Waals surface area contributed by atoms with Gasteiger partial charge in [0.2, 0.25) is 0 Å². The number of guanidine groups is 1. The Labute approximate surface area is 112 Å². The molecule has 18 heavy (non-hydrogen) atoms. The van der Waals surface area contributed by atoms with Crippen LogP contribution >= 0.6 is 0 Å². The number of likely N-dealkylation sites (tertiary alicyclic amines) is 1. The molecule has 0 aromatic rings. The van der Waals surface area contributed by atoms with E-state index in [1.165, 1.54) is 12.8 Å². The van der Waals surface area contributed by atoms with Gasteiger partial charge in [-0.1, -0.05) is 6.92 Å². The third-order valence-corrected chi connectivity index (χ3v) is 3.26. The minimum absolute atomic E-state index is 0.327. The monoisotopic (exact) mass is 255 g/mol. The number of ether oxygens (including phenoxy) is 1. The van der Waals surface area contributed by atoms with E-state index in [2.05, 4.69) is 30.7 Å². The maximum Gasteiger partial charge on any atom is 0.191 e. The average Bonchev–Trinajstić information content (AvgIpc) is 2.33. The second-order valence-corrected chi connectivity index (χ2v) is 5.56. The molecule has 0 aromatic carbocycles. The molecule has 2 N–H and O–H groups in total. The van der Waals surface area contributed by atoms with Gasteiger partial charge in [0.15, 0.2) is 5.96 Å². The third kappa shape index (κ3) is 6.24. The zero-order valence-corrected chi connectivity index (χ0v) is 12.2. The van der Waals surface area contributed by atoms with E-state index in [9.17, 15) is 0 Å². The zero-order chi connectivity index (χ0) is 13.4. The standard InChI is InChI=1S/C14H29N3O/c1-12(2)18-10-5-4-8-16-14(15)17-9-6-7-13(3)11-17/h12-13H,4-11H2,1-3H3,(H2,15,16)/t13-/m0/s1. The predicted molar refractivity (Wildman–Crippen MR) is 76.8 cm³/mol. The molecule has 0 radical (unpaired) electrons.